The molecule has 0 saturated carbocycles. The van der Waals surface area contributed by atoms with E-state index in [4.69, 9.17) is 0 Å². The zero-order valence-electron chi connectivity index (χ0n) is 11.4. The summed E-state index contributed by atoms with van der Waals surface area (Å²) in [7, 11) is 0. The lowest BCUT2D eigenvalue weighted by Gasteiger charge is -2.19. The van der Waals surface area contributed by atoms with Crippen molar-refractivity contribution in [3.63, 3.8) is 0 Å². The lowest BCUT2D eigenvalue weighted by Crippen LogP contribution is -2.30. The molecule has 1 aromatic heterocycles. The molecule has 0 bridgehead atoms. The molecule has 18 heavy (non-hydrogen) atoms. The number of rotatable bonds is 5. The molecule has 1 atom stereocenters. The summed E-state index contributed by atoms with van der Waals surface area (Å²) in [5.41, 5.74) is 1.33. The molecule has 3 heteroatoms. The van der Waals surface area contributed by atoms with Crippen molar-refractivity contribution in [2.24, 2.45) is 0 Å². The van der Waals surface area contributed by atoms with Crippen LogP contribution in [0.2, 0.25) is 0 Å². The highest BCUT2D eigenvalue weighted by Gasteiger charge is 2.15. The first-order valence-corrected chi connectivity index (χ1v) is 7.23. The summed E-state index contributed by atoms with van der Waals surface area (Å²) in [4.78, 5) is 6.66. The fraction of sp³-hybridized carbons (Fsp3) is 0.667. The minimum absolute atomic E-state index is 0.681. The lowest BCUT2D eigenvalue weighted by molar-refractivity contribution is 0.282. The Morgan fingerprint density at radius 1 is 1.28 bits per heavy atom. The van der Waals surface area contributed by atoms with Crippen molar-refractivity contribution in [1.82, 2.24) is 15.2 Å². The summed E-state index contributed by atoms with van der Waals surface area (Å²) in [5, 5.41) is 3.69. The third-order valence-electron chi connectivity index (χ3n) is 3.70. The van der Waals surface area contributed by atoms with E-state index < -0.39 is 0 Å². The Balaban J connectivity index is 1.73. The Bertz CT molecular complexity index is 326. The van der Waals surface area contributed by atoms with Crippen LogP contribution in [0.4, 0.5) is 0 Å². The van der Waals surface area contributed by atoms with Crippen molar-refractivity contribution in [3.05, 3.63) is 30.1 Å². The molecule has 100 valence electrons. The molecule has 1 N–H and O–H groups in total. The van der Waals surface area contributed by atoms with E-state index in [0.29, 0.717) is 6.04 Å². The fourth-order valence-corrected chi connectivity index (χ4v) is 2.66. The van der Waals surface area contributed by atoms with E-state index >= 15 is 0 Å². The first-order chi connectivity index (χ1) is 8.88. The van der Waals surface area contributed by atoms with Gasteiger partial charge < -0.3 is 10.2 Å². The standard InChI is InChI=1S/C15H25N3/c1-2-10-18-11-3-4-15(7-12-18)17-13-14-5-8-16-9-6-14/h5-6,8-9,15,17H,2-4,7,10-13H2,1H3. The average molecular weight is 247 g/mol. The maximum Gasteiger partial charge on any atom is 0.0271 e. The molecule has 1 aliphatic heterocycles. The van der Waals surface area contributed by atoms with Crippen LogP contribution in [0.1, 0.15) is 38.2 Å². The van der Waals surface area contributed by atoms with Crippen molar-refractivity contribution in [1.29, 1.82) is 0 Å². The zero-order valence-corrected chi connectivity index (χ0v) is 11.4. The second kappa shape index (κ2) is 7.49. The van der Waals surface area contributed by atoms with E-state index in [1.807, 2.05) is 12.4 Å². The zero-order chi connectivity index (χ0) is 12.6. The second-order valence-corrected chi connectivity index (χ2v) is 5.21. The van der Waals surface area contributed by atoms with Crippen LogP contribution in [-0.2, 0) is 6.54 Å². The number of nitrogens with zero attached hydrogens (tertiary/aromatic N) is 2. The Hall–Kier alpha value is -0.930. The van der Waals surface area contributed by atoms with Gasteiger partial charge in [0.2, 0.25) is 0 Å². The highest BCUT2D eigenvalue weighted by Crippen LogP contribution is 2.12. The highest BCUT2D eigenvalue weighted by molar-refractivity contribution is 5.09. The van der Waals surface area contributed by atoms with E-state index in [0.717, 1.165) is 6.54 Å². The van der Waals surface area contributed by atoms with Gasteiger partial charge in [-0.25, -0.2) is 0 Å². The molecular weight excluding hydrogens is 222 g/mol. The van der Waals surface area contributed by atoms with Crippen LogP contribution < -0.4 is 5.32 Å². The monoisotopic (exact) mass is 247 g/mol. The summed E-state index contributed by atoms with van der Waals surface area (Å²) in [6.45, 7) is 7.03. The van der Waals surface area contributed by atoms with Gasteiger partial charge in [-0.2, -0.15) is 0 Å². The molecule has 1 aromatic rings. The average Bonchev–Trinajstić information content (AvgIpc) is 2.64. The minimum Gasteiger partial charge on any atom is -0.310 e. The van der Waals surface area contributed by atoms with E-state index in [2.05, 4.69) is 34.3 Å². The fourth-order valence-electron chi connectivity index (χ4n) is 2.66. The van der Waals surface area contributed by atoms with Crippen LogP contribution in [0.3, 0.4) is 0 Å². The quantitative estimate of drug-likeness (QED) is 0.866. The second-order valence-electron chi connectivity index (χ2n) is 5.21. The number of aromatic nitrogens is 1. The van der Waals surface area contributed by atoms with Crippen LogP contribution in [0.5, 0.6) is 0 Å². The molecule has 0 aliphatic carbocycles. The van der Waals surface area contributed by atoms with Crippen LogP contribution in [-0.4, -0.2) is 35.6 Å². The van der Waals surface area contributed by atoms with Crippen molar-refractivity contribution in [2.45, 2.75) is 45.2 Å². The normalized spacial score (nSPS) is 21.7. The SMILES string of the molecule is CCCN1CCCC(NCc2ccncc2)CC1. The number of hydrogen-bond donors (Lipinski definition) is 1. The maximum atomic E-state index is 4.05. The van der Waals surface area contributed by atoms with Gasteiger partial charge in [0, 0.05) is 25.0 Å². The molecular formula is C15H25N3. The Morgan fingerprint density at radius 2 is 2.11 bits per heavy atom. The molecule has 3 nitrogen and oxygen atoms in total. The summed E-state index contributed by atoms with van der Waals surface area (Å²) in [6.07, 6.45) is 8.93. The van der Waals surface area contributed by atoms with E-state index in [1.165, 1.54) is 50.9 Å². The highest BCUT2D eigenvalue weighted by atomic mass is 15.1. The number of pyridine rings is 1. The molecule has 1 fully saturated rings. The van der Waals surface area contributed by atoms with E-state index in [9.17, 15) is 0 Å². The molecule has 0 amide bonds. The topological polar surface area (TPSA) is 28.2 Å². The number of likely N-dealkylation sites (tertiary alicyclic amines) is 1. The summed E-state index contributed by atoms with van der Waals surface area (Å²) in [6, 6.07) is 4.86. The van der Waals surface area contributed by atoms with Gasteiger partial charge >= 0.3 is 0 Å². The minimum atomic E-state index is 0.681. The van der Waals surface area contributed by atoms with Gasteiger partial charge in [-0.1, -0.05) is 6.92 Å². The van der Waals surface area contributed by atoms with Crippen LogP contribution >= 0.6 is 0 Å². The molecule has 1 saturated heterocycles. The first-order valence-electron chi connectivity index (χ1n) is 7.23. The van der Waals surface area contributed by atoms with Gasteiger partial charge in [0.25, 0.3) is 0 Å². The smallest absolute Gasteiger partial charge is 0.0271 e. The van der Waals surface area contributed by atoms with Gasteiger partial charge in [-0.05, 0) is 63.0 Å². The van der Waals surface area contributed by atoms with E-state index in [-0.39, 0.29) is 0 Å². The van der Waals surface area contributed by atoms with Crippen molar-refractivity contribution < 1.29 is 0 Å². The van der Waals surface area contributed by atoms with Gasteiger partial charge in [0.05, 0.1) is 0 Å². The van der Waals surface area contributed by atoms with Crippen molar-refractivity contribution in [3.8, 4) is 0 Å². The van der Waals surface area contributed by atoms with Gasteiger partial charge in [-0.15, -0.1) is 0 Å². The van der Waals surface area contributed by atoms with Gasteiger partial charge in [-0.3, -0.25) is 4.98 Å². The molecule has 2 rings (SSSR count). The molecule has 1 aliphatic rings. The number of nitrogens with one attached hydrogen (secondary N) is 1. The van der Waals surface area contributed by atoms with Crippen molar-refractivity contribution >= 4 is 0 Å². The molecule has 0 aromatic carbocycles. The third kappa shape index (κ3) is 4.39. The molecule has 0 radical (unpaired) electrons. The predicted octanol–water partition coefficient (Wildman–Crippen LogP) is 2.44. The van der Waals surface area contributed by atoms with Gasteiger partial charge in [0.1, 0.15) is 0 Å². The summed E-state index contributed by atoms with van der Waals surface area (Å²) < 4.78 is 0. The molecule has 1 unspecified atom stereocenters. The Morgan fingerprint density at radius 3 is 2.89 bits per heavy atom. The van der Waals surface area contributed by atoms with Gasteiger partial charge in [0.15, 0.2) is 0 Å². The first kappa shape index (κ1) is 13.5. The predicted molar refractivity (Wildman–Crippen MR) is 75.4 cm³/mol. The van der Waals surface area contributed by atoms with Crippen LogP contribution in [0, 0.1) is 0 Å². The van der Waals surface area contributed by atoms with Crippen LogP contribution in [0.25, 0.3) is 0 Å². The Labute approximate surface area is 111 Å². The van der Waals surface area contributed by atoms with E-state index in [1.54, 1.807) is 0 Å². The largest absolute Gasteiger partial charge is 0.310 e. The molecule has 2 heterocycles. The lowest BCUT2D eigenvalue weighted by atomic mass is 10.1. The van der Waals surface area contributed by atoms with Crippen molar-refractivity contribution in [2.75, 3.05) is 19.6 Å². The molecule has 0 spiro atoms. The number of hydrogen-bond acceptors (Lipinski definition) is 3. The maximum absolute atomic E-state index is 4.05. The summed E-state index contributed by atoms with van der Waals surface area (Å²) in [5.74, 6) is 0. The van der Waals surface area contributed by atoms with Crippen LogP contribution in [0.15, 0.2) is 24.5 Å². The summed E-state index contributed by atoms with van der Waals surface area (Å²) >= 11 is 0. The Kier molecular flexibility index (Phi) is 5.62. The third-order valence-corrected chi connectivity index (χ3v) is 3.70.